The lowest BCUT2D eigenvalue weighted by Gasteiger charge is -2.22. The van der Waals surface area contributed by atoms with Crippen LogP contribution in [0.2, 0.25) is 0 Å². The third-order valence-electron chi connectivity index (χ3n) is 3.11. The van der Waals surface area contributed by atoms with Crippen LogP contribution in [-0.2, 0) is 9.53 Å². The van der Waals surface area contributed by atoms with Gasteiger partial charge in [0.15, 0.2) is 0 Å². The molecule has 1 fully saturated rings. The molecule has 0 atom stereocenters. The van der Waals surface area contributed by atoms with Crippen molar-refractivity contribution in [2.24, 2.45) is 0 Å². The molecule has 0 saturated carbocycles. The molecule has 0 spiro atoms. The van der Waals surface area contributed by atoms with Crippen molar-refractivity contribution in [2.75, 3.05) is 13.2 Å². The Morgan fingerprint density at radius 3 is 2.80 bits per heavy atom. The number of aliphatic carboxylic acids is 1. The molecular formula is C14H17NO4S. The molecule has 0 aliphatic carbocycles. The molecule has 2 N–H and O–H groups in total. The molecule has 1 amide bonds. The maximum atomic E-state index is 12.1. The highest BCUT2D eigenvalue weighted by Gasteiger charge is 2.18. The molecule has 20 heavy (non-hydrogen) atoms. The molecule has 1 saturated heterocycles. The quantitative estimate of drug-likeness (QED) is 0.834. The summed E-state index contributed by atoms with van der Waals surface area (Å²) >= 11 is 1.30. The van der Waals surface area contributed by atoms with E-state index in [1.807, 2.05) is 6.92 Å². The molecule has 0 radical (unpaired) electrons. The van der Waals surface area contributed by atoms with Crippen molar-refractivity contribution < 1.29 is 19.4 Å². The number of amides is 1. The fourth-order valence-electron chi connectivity index (χ4n) is 2.02. The van der Waals surface area contributed by atoms with Gasteiger partial charge in [-0.3, -0.25) is 4.79 Å². The summed E-state index contributed by atoms with van der Waals surface area (Å²) in [5.74, 6) is -1.09. The number of ether oxygens (including phenoxy) is 1. The van der Waals surface area contributed by atoms with Crippen molar-refractivity contribution >= 4 is 29.3 Å². The zero-order valence-corrected chi connectivity index (χ0v) is 12.0. The highest BCUT2D eigenvalue weighted by molar-refractivity contribution is 7.15. The summed E-state index contributed by atoms with van der Waals surface area (Å²) in [5.41, 5.74) is 0.907. The highest BCUT2D eigenvalue weighted by Crippen LogP contribution is 2.23. The van der Waals surface area contributed by atoms with Crippen LogP contribution in [0.15, 0.2) is 12.1 Å². The molecule has 1 aliphatic rings. The first-order chi connectivity index (χ1) is 9.56. The summed E-state index contributed by atoms with van der Waals surface area (Å²) in [7, 11) is 0. The first kappa shape index (κ1) is 14.7. The van der Waals surface area contributed by atoms with Gasteiger partial charge in [0, 0.05) is 30.2 Å². The Labute approximate surface area is 121 Å². The summed E-state index contributed by atoms with van der Waals surface area (Å²) in [6.07, 6.45) is 4.27. The van der Waals surface area contributed by atoms with Gasteiger partial charge in [-0.25, -0.2) is 4.79 Å². The van der Waals surface area contributed by atoms with E-state index < -0.39 is 5.97 Å². The van der Waals surface area contributed by atoms with Gasteiger partial charge in [-0.05, 0) is 37.5 Å². The lowest BCUT2D eigenvalue weighted by atomic mass is 10.1. The fourth-order valence-corrected chi connectivity index (χ4v) is 3.00. The Morgan fingerprint density at radius 1 is 1.45 bits per heavy atom. The Balaban J connectivity index is 2.02. The van der Waals surface area contributed by atoms with Gasteiger partial charge >= 0.3 is 5.97 Å². The molecule has 5 nitrogen and oxygen atoms in total. The summed E-state index contributed by atoms with van der Waals surface area (Å²) in [5, 5.41) is 11.6. The largest absolute Gasteiger partial charge is 0.478 e. The summed E-state index contributed by atoms with van der Waals surface area (Å²) in [6.45, 7) is 3.23. The number of thiophene rings is 1. The lowest BCUT2D eigenvalue weighted by Crippen LogP contribution is -2.38. The van der Waals surface area contributed by atoms with Gasteiger partial charge in [-0.1, -0.05) is 0 Å². The van der Waals surface area contributed by atoms with E-state index in [0.29, 0.717) is 18.1 Å². The molecule has 108 valence electrons. The van der Waals surface area contributed by atoms with Crippen molar-refractivity contribution in [3.63, 3.8) is 0 Å². The predicted octanol–water partition coefficient (Wildman–Crippen LogP) is 2.06. The molecule has 1 aliphatic heterocycles. The smallest absolute Gasteiger partial charge is 0.328 e. The van der Waals surface area contributed by atoms with Crippen molar-refractivity contribution in [1.82, 2.24) is 5.32 Å². The molecular weight excluding hydrogens is 278 g/mol. The Bertz CT molecular complexity index is 529. The minimum atomic E-state index is -0.994. The van der Waals surface area contributed by atoms with Gasteiger partial charge in [0.2, 0.25) is 0 Å². The van der Waals surface area contributed by atoms with Crippen LogP contribution >= 0.6 is 11.3 Å². The Hall–Kier alpha value is -1.66. The molecule has 1 aromatic rings. The molecule has 0 aromatic carbocycles. The predicted molar refractivity (Wildman–Crippen MR) is 77.0 cm³/mol. The van der Waals surface area contributed by atoms with Crippen LogP contribution in [0.4, 0.5) is 0 Å². The van der Waals surface area contributed by atoms with E-state index in [1.165, 1.54) is 17.4 Å². The van der Waals surface area contributed by atoms with Crippen molar-refractivity contribution in [3.05, 3.63) is 27.5 Å². The number of carboxylic acid groups (broad SMARTS) is 1. The van der Waals surface area contributed by atoms with Crippen LogP contribution in [0.5, 0.6) is 0 Å². The molecule has 0 unspecified atom stereocenters. The number of carbonyl (C=O) groups excluding carboxylic acids is 1. The fraction of sp³-hybridized carbons (Fsp3) is 0.429. The van der Waals surface area contributed by atoms with E-state index >= 15 is 0 Å². The number of carboxylic acids is 1. The van der Waals surface area contributed by atoms with Crippen LogP contribution in [0, 0.1) is 6.92 Å². The average Bonchev–Trinajstić information content (AvgIpc) is 2.79. The molecule has 1 aromatic heterocycles. The van der Waals surface area contributed by atoms with E-state index in [0.717, 1.165) is 29.4 Å². The van der Waals surface area contributed by atoms with Crippen LogP contribution in [0.25, 0.3) is 6.08 Å². The second kappa shape index (κ2) is 6.67. The minimum Gasteiger partial charge on any atom is -0.478 e. The SMILES string of the molecule is Cc1cc(C(=O)NC2CCOCC2)sc1/C=C/C(=O)O. The maximum Gasteiger partial charge on any atom is 0.328 e. The molecule has 6 heteroatoms. The summed E-state index contributed by atoms with van der Waals surface area (Å²) < 4.78 is 5.25. The third kappa shape index (κ3) is 3.91. The van der Waals surface area contributed by atoms with Gasteiger partial charge in [0.25, 0.3) is 5.91 Å². The summed E-state index contributed by atoms with van der Waals surface area (Å²) in [4.78, 5) is 24.1. The maximum absolute atomic E-state index is 12.1. The van der Waals surface area contributed by atoms with E-state index in [2.05, 4.69) is 5.32 Å². The second-order valence-corrected chi connectivity index (χ2v) is 5.77. The zero-order valence-electron chi connectivity index (χ0n) is 11.2. The Morgan fingerprint density at radius 2 is 2.15 bits per heavy atom. The standard InChI is InChI=1S/C14H17NO4S/c1-9-8-12(20-11(9)2-3-13(16)17)14(18)15-10-4-6-19-7-5-10/h2-3,8,10H,4-7H2,1H3,(H,15,18)(H,16,17)/b3-2+. The monoisotopic (exact) mass is 295 g/mol. The average molecular weight is 295 g/mol. The minimum absolute atomic E-state index is 0.0972. The van der Waals surface area contributed by atoms with Crippen molar-refractivity contribution in [3.8, 4) is 0 Å². The van der Waals surface area contributed by atoms with E-state index in [9.17, 15) is 9.59 Å². The second-order valence-electron chi connectivity index (χ2n) is 4.69. The van der Waals surface area contributed by atoms with Gasteiger partial charge in [-0.2, -0.15) is 0 Å². The van der Waals surface area contributed by atoms with Crippen molar-refractivity contribution in [1.29, 1.82) is 0 Å². The van der Waals surface area contributed by atoms with Gasteiger partial charge < -0.3 is 15.2 Å². The van der Waals surface area contributed by atoms with Crippen LogP contribution < -0.4 is 5.32 Å². The van der Waals surface area contributed by atoms with Gasteiger partial charge in [0.05, 0.1) is 4.88 Å². The molecule has 2 rings (SSSR count). The number of nitrogens with one attached hydrogen (secondary N) is 1. The normalized spacial score (nSPS) is 16.4. The number of aryl methyl sites for hydroxylation is 1. The van der Waals surface area contributed by atoms with Gasteiger partial charge in [0.1, 0.15) is 0 Å². The number of rotatable bonds is 4. The summed E-state index contributed by atoms with van der Waals surface area (Å²) in [6, 6.07) is 1.96. The van der Waals surface area contributed by atoms with E-state index in [4.69, 9.17) is 9.84 Å². The Kier molecular flexibility index (Phi) is 4.92. The van der Waals surface area contributed by atoms with Crippen molar-refractivity contribution in [2.45, 2.75) is 25.8 Å². The number of carbonyl (C=O) groups is 2. The first-order valence-corrected chi connectivity index (χ1v) is 7.28. The van der Waals surface area contributed by atoms with Crippen LogP contribution in [-0.4, -0.2) is 36.2 Å². The number of hydrogen-bond donors (Lipinski definition) is 2. The van der Waals surface area contributed by atoms with E-state index in [1.54, 1.807) is 6.07 Å². The zero-order chi connectivity index (χ0) is 14.5. The third-order valence-corrected chi connectivity index (χ3v) is 4.31. The van der Waals surface area contributed by atoms with E-state index in [-0.39, 0.29) is 11.9 Å². The van der Waals surface area contributed by atoms with Crippen LogP contribution in [0.3, 0.4) is 0 Å². The molecule has 0 bridgehead atoms. The first-order valence-electron chi connectivity index (χ1n) is 6.46. The van der Waals surface area contributed by atoms with Gasteiger partial charge in [-0.15, -0.1) is 11.3 Å². The molecule has 2 heterocycles. The lowest BCUT2D eigenvalue weighted by molar-refractivity contribution is -0.131. The highest BCUT2D eigenvalue weighted by atomic mass is 32.1. The van der Waals surface area contributed by atoms with Crippen LogP contribution in [0.1, 0.15) is 33.0 Å². The number of hydrogen-bond acceptors (Lipinski definition) is 4. The topological polar surface area (TPSA) is 75.6 Å².